The molecule has 1 aromatic rings. The van der Waals surface area contributed by atoms with Gasteiger partial charge < -0.3 is 15.7 Å². The lowest BCUT2D eigenvalue weighted by Crippen LogP contribution is -2.61. The van der Waals surface area contributed by atoms with Crippen LogP contribution in [0.15, 0.2) is 24.3 Å². The van der Waals surface area contributed by atoms with E-state index in [0.717, 1.165) is 6.42 Å². The van der Waals surface area contributed by atoms with E-state index in [1.54, 1.807) is 12.1 Å². The highest BCUT2D eigenvalue weighted by atomic mass is 19.1. The Morgan fingerprint density at radius 3 is 2.52 bits per heavy atom. The molecule has 1 aliphatic heterocycles. The van der Waals surface area contributed by atoms with E-state index >= 15 is 0 Å². The van der Waals surface area contributed by atoms with Crippen molar-refractivity contribution in [2.45, 2.75) is 43.1 Å². The topological polar surface area (TPSA) is 83.6 Å². The van der Waals surface area contributed by atoms with Gasteiger partial charge in [-0.25, -0.2) is 4.39 Å². The molecule has 1 saturated carbocycles. The Morgan fingerprint density at radius 1 is 1.22 bits per heavy atom. The van der Waals surface area contributed by atoms with E-state index < -0.39 is 16.9 Å². The monoisotopic (exact) mass is 320 g/mol. The van der Waals surface area contributed by atoms with Crippen LogP contribution in [0.25, 0.3) is 0 Å². The summed E-state index contributed by atoms with van der Waals surface area (Å²) in [5.74, 6) is -1.31. The van der Waals surface area contributed by atoms with Gasteiger partial charge >= 0.3 is 0 Å². The molecule has 2 fully saturated rings. The summed E-state index contributed by atoms with van der Waals surface area (Å²) >= 11 is 0. The zero-order valence-electron chi connectivity index (χ0n) is 12.9. The van der Waals surface area contributed by atoms with Crippen LogP contribution in [0.5, 0.6) is 0 Å². The molecule has 0 spiro atoms. The molecule has 1 aromatic carbocycles. The summed E-state index contributed by atoms with van der Waals surface area (Å²) in [4.78, 5) is 26.1. The average molecular weight is 320 g/mol. The first-order chi connectivity index (χ1) is 10.9. The van der Waals surface area contributed by atoms with Crippen LogP contribution < -0.4 is 5.73 Å². The number of rotatable bonds is 3. The molecule has 1 aliphatic carbocycles. The normalized spacial score (nSPS) is 26.4. The van der Waals surface area contributed by atoms with E-state index in [4.69, 9.17) is 5.73 Å². The molecule has 0 bridgehead atoms. The van der Waals surface area contributed by atoms with Gasteiger partial charge in [0.15, 0.2) is 5.60 Å². The third kappa shape index (κ3) is 2.61. The van der Waals surface area contributed by atoms with Crippen LogP contribution in [0.1, 0.15) is 37.7 Å². The zero-order chi connectivity index (χ0) is 16.7. The van der Waals surface area contributed by atoms with Crippen molar-refractivity contribution in [2.75, 3.05) is 13.1 Å². The molecule has 23 heavy (non-hydrogen) atoms. The van der Waals surface area contributed by atoms with Crippen molar-refractivity contribution in [1.29, 1.82) is 0 Å². The quantitative estimate of drug-likeness (QED) is 0.874. The Morgan fingerprint density at radius 2 is 1.96 bits per heavy atom. The van der Waals surface area contributed by atoms with Gasteiger partial charge in [0.1, 0.15) is 5.82 Å². The summed E-state index contributed by atoms with van der Waals surface area (Å²) in [6.45, 7) is 0.393. The van der Waals surface area contributed by atoms with Gasteiger partial charge in [-0.15, -0.1) is 0 Å². The first-order valence-corrected chi connectivity index (χ1v) is 7.95. The molecule has 1 heterocycles. The van der Waals surface area contributed by atoms with Gasteiger partial charge in [0.05, 0.1) is 12.0 Å². The van der Waals surface area contributed by atoms with Crippen LogP contribution >= 0.6 is 0 Å². The van der Waals surface area contributed by atoms with Crippen molar-refractivity contribution in [2.24, 2.45) is 5.73 Å². The third-order valence-electron chi connectivity index (χ3n) is 5.21. The van der Waals surface area contributed by atoms with E-state index in [0.29, 0.717) is 31.4 Å². The summed E-state index contributed by atoms with van der Waals surface area (Å²) in [5, 5.41) is 10.3. The highest BCUT2D eigenvalue weighted by molar-refractivity contribution is 5.91. The van der Waals surface area contributed by atoms with Crippen molar-refractivity contribution < 1.29 is 19.1 Å². The van der Waals surface area contributed by atoms with E-state index in [9.17, 15) is 19.1 Å². The Hall–Kier alpha value is -1.95. The number of hydrogen-bond donors (Lipinski definition) is 2. The number of carbonyl (C=O) groups excluding carboxylic acids is 2. The molecule has 124 valence electrons. The molecule has 2 aliphatic rings. The fourth-order valence-electron chi connectivity index (χ4n) is 3.66. The van der Waals surface area contributed by atoms with Crippen molar-refractivity contribution in [3.05, 3.63) is 35.6 Å². The van der Waals surface area contributed by atoms with Crippen molar-refractivity contribution in [1.82, 2.24) is 4.90 Å². The maximum atomic E-state index is 13.6. The lowest BCUT2D eigenvalue weighted by Gasteiger charge is -2.47. The molecule has 5 nitrogen and oxygen atoms in total. The summed E-state index contributed by atoms with van der Waals surface area (Å²) in [6, 6.07) is 6.13. The summed E-state index contributed by atoms with van der Waals surface area (Å²) in [6.07, 6.45) is 2.99. The van der Waals surface area contributed by atoms with E-state index in [2.05, 4.69) is 0 Å². The number of amides is 2. The smallest absolute Gasteiger partial charge is 0.251 e. The highest BCUT2D eigenvalue weighted by Crippen LogP contribution is 2.46. The summed E-state index contributed by atoms with van der Waals surface area (Å²) in [7, 11) is 0. The molecule has 3 N–H and O–H groups in total. The SMILES string of the molecule is NC(=O)[C@@]1(O)CCCN(C(=O)C2(c3cccc(F)c3)CCC2)C1. The second-order valence-corrected chi connectivity index (χ2v) is 6.67. The van der Waals surface area contributed by atoms with Crippen LogP contribution in [0.3, 0.4) is 0 Å². The molecular weight excluding hydrogens is 299 g/mol. The molecule has 3 rings (SSSR count). The Kier molecular flexibility index (Phi) is 3.88. The predicted octanol–water partition coefficient (Wildman–Crippen LogP) is 1.09. The number of hydrogen-bond acceptors (Lipinski definition) is 3. The second-order valence-electron chi connectivity index (χ2n) is 6.67. The fraction of sp³-hybridized carbons (Fsp3) is 0.529. The Labute approximate surface area is 134 Å². The summed E-state index contributed by atoms with van der Waals surface area (Å²) < 4.78 is 13.6. The van der Waals surface area contributed by atoms with Gasteiger partial charge in [0.2, 0.25) is 5.91 Å². The van der Waals surface area contributed by atoms with Crippen LogP contribution in [-0.2, 0) is 15.0 Å². The number of likely N-dealkylation sites (tertiary alicyclic amines) is 1. The van der Waals surface area contributed by atoms with Crippen LogP contribution in [0, 0.1) is 5.82 Å². The van der Waals surface area contributed by atoms with Crippen LogP contribution in [0.4, 0.5) is 4.39 Å². The fourth-order valence-corrected chi connectivity index (χ4v) is 3.66. The Bertz CT molecular complexity index is 644. The third-order valence-corrected chi connectivity index (χ3v) is 5.21. The molecule has 1 atom stereocenters. The standard InChI is InChI=1S/C17H21FN2O3/c18-13-5-1-4-12(10-13)16(6-2-7-16)15(22)20-9-3-8-17(23,11-20)14(19)21/h1,4-5,10,23H,2-3,6-9,11H2,(H2,19,21)/t17-/m1/s1. The van der Waals surface area contributed by atoms with Crippen molar-refractivity contribution in [3.63, 3.8) is 0 Å². The van der Waals surface area contributed by atoms with Gasteiger partial charge in [-0.3, -0.25) is 9.59 Å². The number of β-amino-alcohol motifs (C(OH)–C–C–N with tert-alkyl or cyclic N) is 1. The van der Waals surface area contributed by atoms with Gasteiger partial charge in [0, 0.05) is 6.54 Å². The number of primary amides is 1. The maximum Gasteiger partial charge on any atom is 0.251 e. The minimum absolute atomic E-state index is 0.0851. The lowest BCUT2D eigenvalue weighted by atomic mass is 9.63. The van der Waals surface area contributed by atoms with Gasteiger partial charge in [-0.1, -0.05) is 18.6 Å². The molecule has 2 amide bonds. The molecule has 6 heteroatoms. The molecule has 0 unspecified atom stereocenters. The van der Waals surface area contributed by atoms with Gasteiger partial charge in [0.25, 0.3) is 5.91 Å². The minimum atomic E-state index is -1.67. The molecule has 1 saturated heterocycles. The zero-order valence-corrected chi connectivity index (χ0v) is 12.9. The second kappa shape index (κ2) is 5.60. The largest absolute Gasteiger partial charge is 0.378 e. The number of nitrogens with two attached hydrogens (primary N) is 1. The average Bonchev–Trinajstić information content (AvgIpc) is 2.46. The molecule has 0 aromatic heterocycles. The molecule has 0 radical (unpaired) electrons. The van der Waals surface area contributed by atoms with Crippen molar-refractivity contribution >= 4 is 11.8 Å². The van der Waals surface area contributed by atoms with Crippen LogP contribution in [0.2, 0.25) is 0 Å². The number of nitrogens with zero attached hydrogens (tertiary/aromatic N) is 1. The Balaban J connectivity index is 1.87. The molecular formula is C17H21FN2O3. The first-order valence-electron chi connectivity index (χ1n) is 7.95. The number of halogens is 1. The number of benzene rings is 1. The van der Waals surface area contributed by atoms with Crippen LogP contribution in [-0.4, -0.2) is 40.5 Å². The van der Waals surface area contributed by atoms with E-state index in [1.165, 1.54) is 17.0 Å². The maximum absolute atomic E-state index is 13.6. The summed E-state index contributed by atoms with van der Waals surface area (Å²) in [5.41, 5.74) is 3.54. The predicted molar refractivity (Wildman–Crippen MR) is 81.9 cm³/mol. The highest BCUT2D eigenvalue weighted by Gasteiger charge is 2.50. The number of aliphatic hydroxyl groups is 1. The van der Waals surface area contributed by atoms with Crippen molar-refractivity contribution in [3.8, 4) is 0 Å². The minimum Gasteiger partial charge on any atom is -0.378 e. The van der Waals surface area contributed by atoms with E-state index in [-0.39, 0.29) is 24.7 Å². The lowest BCUT2D eigenvalue weighted by molar-refractivity contribution is -0.154. The van der Waals surface area contributed by atoms with E-state index in [1.807, 2.05) is 0 Å². The van der Waals surface area contributed by atoms with Gasteiger partial charge in [-0.05, 0) is 43.4 Å². The van der Waals surface area contributed by atoms with Gasteiger partial charge in [-0.2, -0.15) is 0 Å². The first kappa shape index (κ1) is 15.9. The number of piperidine rings is 1. The number of carbonyl (C=O) groups is 2.